The van der Waals surface area contributed by atoms with E-state index in [0.29, 0.717) is 6.54 Å². The van der Waals surface area contributed by atoms with Crippen LogP contribution in [0.3, 0.4) is 0 Å². The highest BCUT2D eigenvalue weighted by Gasteiger charge is 2.12. The number of carbonyl (C=O) groups is 1. The molecule has 1 aromatic rings. The van der Waals surface area contributed by atoms with Crippen molar-refractivity contribution in [2.75, 3.05) is 32.6 Å². The van der Waals surface area contributed by atoms with Gasteiger partial charge in [0.25, 0.3) is 0 Å². The van der Waals surface area contributed by atoms with Crippen molar-refractivity contribution in [3.05, 3.63) is 28.2 Å². The van der Waals surface area contributed by atoms with Gasteiger partial charge in [-0.1, -0.05) is 15.9 Å². The first-order valence-electron chi connectivity index (χ1n) is 5.26. The lowest BCUT2D eigenvalue weighted by atomic mass is 10.1. The molecule has 0 fully saturated rings. The van der Waals surface area contributed by atoms with Crippen LogP contribution in [-0.4, -0.2) is 43.6 Å². The quantitative estimate of drug-likeness (QED) is 0.916. The summed E-state index contributed by atoms with van der Waals surface area (Å²) in [6.07, 6.45) is 0. The Kier molecular flexibility index (Phi) is 4.96. The number of carbonyl (C=O) groups excluding carboxylic acids is 1. The number of amides is 1. The maximum atomic E-state index is 11.6. The monoisotopic (exact) mass is 300 g/mol. The molecule has 0 atom stereocenters. The predicted molar refractivity (Wildman–Crippen MR) is 72.0 cm³/mol. The van der Waals surface area contributed by atoms with Crippen LogP contribution in [0.25, 0.3) is 0 Å². The Labute approximate surface area is 110 Å². The van der Waals surface area contributed by atoms with Crippen molar-refractivity contribution in [3.8, 4) is 0 Å². The molecule has 1 aromatic carbocycles. The van der Waals surface area contributed by atoms with Crippen LogP contribution in [0.2, 0.25) is 0 Å². The van der Waals surface area contributed by atoms with E-state index in [1.807, 2.05) is 30.1 Å². The summed E-state index contributed by atoms with van der Waals surface area (Å²) in [6.45, 7) is 0.247. The SMILES string of the molecule is CN(C)C(=O)CN(C)c1ccc(Br)cc1CO. The molecule has 1 amide bonds. The smallest absolute Gasteiger partial charge is 0.241 e. The number of aliphatic hydroxyl groups is 1. The third-order valence-corrected chi connectivity index (χ3v) is 2.99. The van der Waals surface area contributed by atoms with E-state index in [2.05, 4.69) is 15.9 Å². The number of hydrogen-bond acceptors (Lipinski definition) is 3. The zero-order valence-electron chi connectivity index (χ0n) is 10.3. The lowest BCUT2D eigenvalue weighted by molar-refractivity contribution is -0.127. The Bertz CT molecular complexity index is 407. The van der Waals surface area contributed by atoms with Gasteiger partial charge in [0.2, 0.25) is 5.91 Å². The molecule has 0 saturated heterocycles. The fraction of sp³-hybridized carbons (Fsp3) is 0.417. The molecule has 0 unspecified atom stereocenters. The minimum atomic E-state index is -0.0464. The van der Waals surface area contributed by atoms with Crippen LogP contribution in [0.5, 0.6) is 0 Å². The maximum absolute atomic E-state index is 11.6. The van der Waals surface area contributed by atoms with Crippen molar-refractivity contribution in [1.82, 2.24) is 4.90 Å². The molecular weight excluding hydrogens is 284 g/mol. The highest BCUT2D eigenvalue weighted by atomic mass is 79.9. The van der Waals surface area contributed by atoms with E-state index in [-0.39, 0.29) is 12.5 Å². The van der Waals surface area contributed by atoms with Gasteiger partial charge in [-0.15, -0.1) is 0 Å². The summed E-state index contributed by atoms with van der Waals surface area (Å²) < 4.78 is 0.914. The molecule has 1 N–H and O–H groups in total. The Morgan fingerprint density at radius 2 is 2.00 bits per heavy atom. The third-order valence-electron chi connectivity index (χ3n) is 2.49. The zero-order chi connectivity index (χ0) is 13.0. The molecule has 0 saturated carbocycles. The molecule has 0 heterocycles. The lowest BCUT2D eigenvalue weighted by Crippen LogP contribution is -2.34. The average Bonchev–Trinajstić information content (AvgIpc) is 2.28. The molecule has 0 radical (unpaired) electrons. The lowest BCUT2D eigenvalue weighted by Gasteiger charge is -2.23. The predicted octanol–water partition coefficient (Wildman–Crippen LogP) is 1.47. The van der Waals surface area contributed by atoms with Crippen molar-refractivity contribution in [2.45, 2.75) is 6.61 Å². The molecule has 4 nitrogen and oxygen atoms in total. The van der Waals surface area contributed by atoms with Crippen molar-refractivity contribution in [2.24, 2.45) is 0 Å². The van der Waals surface area contributed by atoms with Crippen LogP contribution in [0, 0.1) is 0 Å². The summed E-state index contributed by atoms with van der Waals surface area (Å²) in [4.78, 5) is 15.0. The van der Waals surface area contributed by atoms with Gasteiger partial charge in [-0.3, -0.25) is 4.79 Å². The van der Waals surface area contributed by atoms with Gasteiger partial charge in [-0.25, -0.2) is 0 Å². The summed E-state index contributed by atoms with van der Waals surface area (Å²) in [5, 5.41) is 9.29. The van der Waals surface area contributed by atoms with Gasteiger partial charge in [-0.05, 0) is 18.2 Å². The molecule has 0 bridgehead atoms. The molecule has 0 aromatic heterocycles. The second-order valence-corrected chi connectivity index (χ2v) is 4.99. The average molecular weight is 301 g/mol. The van der Waals surface area contributed by atoms with E-state index >= 15 is 0 Å². The number of hydrogen-bond donors (Lipinski definition) is 1. The number of nitrogens with zero attached hydrogens (tertiary/aromatic N) is 2. The summed E-state index contributed by atoms with van der Waals surface area (Å²) in [5.74, 6) is 0.0271. The van der Waals surface area contributed by atoms with E-state index < -0.39 is 0 Å². The summed E-state index contributed by atoms with van der Waals surface area (Å²) in [6, 6.07) is 5.63. The van der Waals surface area contributed by atoms with Gasteiger partial charge in [0.15, 0.2) is 0 Å². The number of likely N-dealkylation sites (N-methyl/N-ethyl adjacent to an activating group) is 2. The van der Waals surface area contributed by atoms with Gasteiger partial charge in [0, 0.05) is 36.9 Å². The second-order valence-electron chi connectivity index (χ2n) is 4.08. The van der Waals surface area contributed by atoms with E-state index in [1.54, 1.807) is 19.0 Å². The molecule has 0 aliphatic carbocycles. The van der Waals surface area contributed by atoms with Crippen molar-refractivity contribution in [1.29, 1.82) is 0 Å². The molecule has 0 aliphatic rings. The fourth-order valence-electron chi connectivity index (χ4n) is 1.48. The van der Waals surface area contributed by atoms with E-state index in [1.165, 1.54) is 0 Å². The normalized spacial score (nSPS) is 10.2. The van der Waals surface area contributed by atoms with Crippen LogP contribution >= 0.6 is 15.9 Å². The standard InChI is InChI=1S/C12H17BrN2O2/c1-14(2)12(17)7-15(3)11-5-4-10(13)6-9(11)8-16/h4-6,16H,7-8H2,1-3H3. The molecule has 0 spiro atoms. The number of halogens is 1. The van der Waals surface area contributed by atoms with Crippen LogP contribution in [-0.2, 0) is 11.4 Å². The van der Waals surface area contributed by atoms with Crippen LogP contribution < -0.4 is 4.90 Å². The Morgan fingerprint density at radius 1 is 1.35 bits per heavy atom. The molecule has 94 valence electrons. The number of rotatable bonds is 4. The van der Waals surface area contributed by atoms with Gasteiger partial charge in [0.05, 0.1) is 13.2 Å². The van der Waals surface area contributed by atoms with Gasteiger partial charge >= 0.3 is 0 Å². The van der Waals surface area contributed by atoms with Crippen LogP contribution in [0.15, 0.2) is 22.7 Å². The Balaban J connectivity index is 2.88. The van der Waals surface area contributed by atoms with E-state index in [9.17, 15) is 9.90 Å². The van der Waals surface area contributed by atoms with Crippen LogP contribution in [0.1, 0.15) is 5.56 Å². The zero-order valence-corrected chi connectivity index (χ0v) is 11.9. The summed E-state index contributed by atoms with van der Waals surface area (Å²) in [5.41, 5.74) is 1.67. The Morgan fingerprint density at radius 3 is 2.53 bits per heavy atom. The minimum absolute atomic E-state index is 0.0271. The first kappa shape index (κ1) is 14.0. The highest BCUT2D eigenvalue weighted by molar-refractivity contribution is 9.10. The van der Waals surface area contributed by atoms with Gasteiger partial charge in [-0.2, -0.15) is 0 Å². The molecular formula is C12H17BrN2O2. The number of anilines is 1. The van der Waals surface area contributed by atoms with Gasteiger partial charge < -0.3 is 14.9 Å². The number of aliphatic hydroxyl groups excluding tert-OH is 1. The second kappa shape index (κ2) is 6.02. The topological polar surface area (TPSA) is 43.8 Å². The van der Waals surface area contributed by atoms with Gasteiger partial charge in [0.1, 0.15) is 0 Å². The largest absolute Gasteiger partial charge is 0.392 e. The van der Waals surface area contributed by atoms with E-state index in [0.717, 1.165) is 15.7 Å². The highest BCUT2D eigenvalue weighted by Crippen LogP contribution is 2.23. The third kappa shape index (κ3) is 3.71. The van der Waals surface area contributed by atoms with E-state index in [4.69, 9.17) is 0 Å². The van der Waals surface area contributed by atoms with Crippen molar-refractivity contribution in [3.63, 3.8) is 0 Å². The maximum Gasteiger partial charge on any atom is 0.241 e. The van der Waals surface area contributed by atoms with Crippen molar-refractivity contribution >= 4 is 27.5 Å². The number of benzene rings is 1. The van der Waals surface area contributed by atoms with Crippen LogP contribution in [0.4, 0.5) is 5.69 Å². The molecule has 17 heavy (non-hydrogen) atoms. The Hall–Kier alpha value is -1.07. The summed E-state index contributed by atoms with van der Waals surface area (Å²) >= 11 is 3.36. The van der Waals surface area contributed by atoms with Crippen molar-refractivity contribution < 1.29 is 9.90 Å². The fourth-order valence-corrected chi connectivity index (χ4v) is 1.89. The first-order valence-corrected chi connectivity index (χ1v) is 6.05. The summed E-state index contributed by atoms with van der Waals surface area (Å²) in [7, 11) is 5.29. The first-order chi connectivity index (χ1) is 7.95. The molecule has 1 rings (SSSR count). The molecule has 5 heteroatoms. The minimum Gasteiger partial charge on any atom is -0.392 e. The molecule has 0 aliphatic heterocycles.